The SMILES string of the molecule is CCC(C(=O)OC)(c1ccc(Br)cc1)n1ncc2c([N+](=O)[O-])cccc21. The smallest absolute Gasteiger partial charge is 0.338 e. The lowest BCUT2D eigenvalue weighted by Gasteiger charge is -2.31. The molecule has 7 nitrogen and oxygen atoms in total. The molecule has 1 heterocycles. The number of methoxy groups -OCH3 is 1. The van der Waals surface area contributed by atoms with Crippen molar-refractivity contribution < 1.29 is 14.5 Å². The molecule has 0 radical (unpaired) electrons. The first-order valence-corrected chi connectivity index (χ1v) is 8.71. The van der Waals surface area contributed by atoms with Crippen molar-refractivity contribution in [2.45, 2.75) is 18.9 Å². The highest BCUT2D eigenvalue weighted by molar-refractivity contribution is 9.10. The zero-order valence-electron chi connectivity index (χ0n) is 14.2. The quantitative estimate of drug-likeness (QED) is 0.355. The average Bonchev–Trinajstić information content (AvgIpc) is 3.08. The second-order valence-electron chi connectivity index (χ2n) is 5.74. The summed E-state index contributed by atoms with van der Waals surface area (Å²) in [6.45, 7) is 1.85. The van der Waals surface area contributed by atoms with Gasteiger partial charge >= 0.3 is 5.97 Å². The molecule has 1 atom stereocenters. The Morgan fingerprint density at radius 1 is 1.31 bits per heavy atom. The summed E-state index contributed by atoms with van der Waals surface area (Å²) in [5, 5.41) is 16.0. The van der Waals surface area contributed by atoms with Gasteiger partial charge in [0, 0.05) is 10.5 Å². The van der Waals surface area contributed by atoms with Crippen LogP contribution in [0.4, 0.5) is 5.69 Å². The normalized spacial score (nSPS) is 13.3. The van der Waals surface area contributed by atoms with E-state index in [1.165, 1.54) is 24.1 Å². The van der Waals surface area contributed by atoms with Gasteiger partial charge in [-0.05, 0) is 30.2 Å². The topological polar surface area (TPSA) is 87.3 Å². The van der Waals surface area contributed by atoms with Gasteiger partial charge in [0.05, 0.1) is 29.1 Å². The lowest BCUT2D eigenvalue weighted by atomic mass is 9.87. The minimum atomic E-state index is -1.23. The number of rotatable bonds is 5. The number of nitro benzene ring substituents is 1. The Morgan fingerprint density at radius 3 is 2.58 bits per heavy atom. The van der Waals surface area contributed by atoms with Gasteiger partial charge in [0.15, 0.2) is 5.54 Å². The number of carbonyl (C=O) groups is 1. The maximum Gasteiger partial charge on any atom is 0.338 e. The van der Waals surface area contributed by atoms with Crippen LogP contribution in [0.3, 0.4) is 0 Å². The Balaban J connectivity index is 2.35. The van der Waals surface area contributed by atoms with Crippen molar-refractivity contribution in [1.29, 1.82) is 0 Å². The van der Waals surface area contributed by atoms with Gasteiger partial charge in [-0.15, -0.1) is 0 Å². The van der Waals surface area contributed by atoms with E-state index >= 15 is 0 Å². The molecule has 0 saturated heterocycles. The van der Waals surface area contributed by atoms with Gasteiger partial charge in [0.25, 0.3) is 5.69 Å². The predicted molar refractivity (Wildman–Crippen MR) is 99.9 cm³/mol. The third-order valence-electron chi connectivity index (χ3n) is 4.51. The maximum atomic E-state index is 12.9. The number of non-ortho nitro benzene ring substituents is 1. The first kappa shape index (κ1) is 18.1. The summed E-state index contributed by atoms with van der Waals surface area (Å²) in [7, 11) is 1.32. The van der Waals surface area contributed by atoms with Crippen LogP contribution in [0.25, 0.3) is 10.9 Å². The van der Waals surface area contributed by atoms with E-state index in [-0.39, 0.29) is 5.69 Å². The van der Waals surface area contributed by atoms with E-state index in [4.69, 9.17) is 4.74 Å². The average molecular weight is 418 g/mol. The van der Waals surface area contributed by atoms with Crippen LogP contribution >= 0.6 is 15.9 Å². The van der Waals surface area contributed by atoms with Crippen LogP contribution in [0.5, 0.6) is 0 Å². The lowest BCUT2D eigenvalue weighted by molar-refractivity contribution is -0.383. The van der Waals surface area contributed by atoms with Crippen molar-refractivity contribution in [3.05, 3.63) is 68.8 Å². The number of benzene rings is 2. The van der Waals surface area contributed by atoms with Gasteiger partial charge in [-0.25, -0.2) is 9.48 Å². The van der Waals surface area contributed by atoms with Crippen LogP contribution in [-0.2, 0) is 15.1 Å². The number of nitro groups is 1. The molecule has 0 saturated carbocycles. The van der Waals surface area contributed by atoms with Crippen LogP contribution in [0.15, 0.2) is 53.1 Å². The molecule has 0 bridgehead atoms. The molecule has 3 rings (SSSR count). The monoisotopic (exact) mass is 417 g/mol. The fraction of sp³-hybridized carbons (Fsp3) is 0.222. The molecule has 0 spiro atoms. The first-order valence-electron chi connectivity index (χ1n) is 7.91. The molecular weight excluding hydrogens is 402 g/mol. The molecule has 26 heavy (non-hydrogen) atoms. The van der Waals surface area contributed by atoms with E-state index in [1.807, 2.05) is 31.2 Å². The van der Waals surface area contributed by atoms with Gasteiger partial charge < -0.3 is 4.74 Å². The standard InChI is InChI=1S/C18H16BrN3O4/c1-3-18(17(23)26-2,12-7-9-13(19)10-8-12)21-15-5-4-6-16(22(24)25)14(15)11-20-21/h4-11H,3H2,1-2H3. The molecule has 8 heteroatoms. The third-order valence-corrected chi connectivity index (χ3v) is 5.03. The van der Waals surface area contributed by atoms with Crippen molar-refractivity contribution in [2.24, 2.45) is 0 Å². The number of hydrogen-bond acceptors (Lipinski definition) is 5. The Kier molecular flexibility index (Phi) is 4.78. The number of aromatic nitrogens is 2. The Hall–Kier alpha value is -2.74. The van der Waals surface area contributed by atoms with Crippen LogP contribution in [-0.4, -0.2) is 27.8 Å². The summed E-state index contributed by atoms with van der Waals surface area (Å²) in [6, 6.07) is 12.0. The van der Waals surface area contributed by atoms with Gasteiger partial charge in [0.1, 0.15) is 0 Å². The summed E-state index contributed by atoms with van der Waals surface area (Å²) in [4.78, 5) is 23.7. The highest BCUT2D eigenvalue weighted by Crippen LogP contribution is 2.36. The van der Waals surface area contributed by atoms with Crippen LogP contribution in [0.2, 0.25) is 0 Å². The Labute approximate surface area is 157 Å². The van der Waals surface area contributed by atoms with E-state index in [0.717, 1.165) is 4.47 Å². The van der Waals surface area contributed by atoms with E-state index in [2.05, 4.69) is 21.0 Å². The molecule has 0 aliphatic heterocycles. The summed E-state index contributed by atoms with van der Waals surface area (Å²) < 4.78 is 7.49. The van der Waals surface area contributed by atoms with E-state index in [9.17, 15) is 14.9 Å². The molecule has 1 unspecified atom stereocenters. The Bertz CT molecular complexity index is 984. The molecule has 0 aliphatic carbocycles. The first-order chi connectivity index (χ1) is 12.5. The molecule has 1 aromatic heterocycles. The van der Waals surface area contributed by atoms with Gasteiger partial charge in [0.2, 0.25) is 0 Å². The molecular formula is C18H16BrN3O4. The number of carbonyl (C=O) groups excluding carboxylic acids is 1. The van der Waals surface area contributed by atoms with Crippen LogP contribution in [0, 0.1) is 10.1 Å². The number of esters is 1. The fourth-order valence-electron chi connectivity index (χ4n) is 3.22. The van der Waals surface area contributed by atoms with Gasteiger partial charge in [-0.3, -0.25) is 10.1 Å². The Morgan fingerprint density at radius 2 is 2.00 bits per heavy atom. The number of ether oxygens (including phenoxy) is 1. The number of fused-ring (bicyclic) bond motifs is 1. The highest BCUT2D eigenvalue weighted by atomic mass is 79.9. The second kappa shape index (κ2) is 6.87. The molecule has 0 aliphatic rings. The van der Waals surface area contributed by atoms with E-state index < -0.39 is 16.4 Å². The van der Waals surface area contributed by atoms with Crippen molar-refractivity contribution in [3.63, 3.8) is 0 Å². The second-order valence-corrected chi connectivity index (χ2v) is 6.65. The van der Waals surface area contributed by atoms with Gasteiger partial charge in [-0.2, -0.15) is 5.10 Å². The number of hydrogen-bond donors (Lipinski definition) is 0. The molecule has 0 amide bonds. The summed E-state index contributed by atoms with van der Waals surface area (Å²) >= 11 is 3.39. The van der Waals surface area contributed by atoms with Crippen molar-refractivity contribution >= 4 is 38.5 Å². The van der Waals surface area contributed by atoms with Crippen molar-refractivity contribution in [2.75, 3.05) is 7.11 Å². The van der Waals surface area contributed by atoms with Crippen LogP contribution in [0.1, 0.15) is 18.9 Å². The zero-order chi connectivity index (χ0) is 18.9. The number of nitrogens with zero attached hydrogens (tertiary/aromatic N) is 3. The summed E-state index contributed by atoms with van der Waals surface area (Å²) in [6.07, 6.45) is 1.78. The molecule has 134 valence electrons. The summed E-state index contributed by atoms with van der Waals surface area (Å²) in [5.74, 6) is -0.487. The molecule has 2 aromatic carbocycles. The fourth-order valence-corrected chi connectivity index (χ4v) is 3.48. The minimum absolute atomic E-state index is 0.0561. The van der Waals surface area contributed by atoms with E-state index in [1.54, 1.807) is 12.1 Å². The largest absolute Gasteiger partial charge is 0.467 e. The molecule has 0 fully saturated rings. The van der Waals surface area contributed by atoms with Crippen molar-refractivity contribution in [3.8, 4) is 0 Å². The molecule has 0 N–H and O–H groups in total. The number of halogens is 1. The van der Waals surface area contributed by atoms with E-state index in [0.29, 0.717) is 22.9 Å². The molecule has 3 aromatic rings. The van der Waals surface area contributed by atoms with Crippen molar-refractivity contribution in [1.82, 2.24) is 9.78 Å². The predicted octanol–water partition coefficient (Wildman–Crippen LogP) is 4.03. The highest BCUT2D eigenvalue weighted by Gasteiger charge is 2.44. The minimum Gasteiger partial charge on any atom is -0.467 e. The van der Waals surface area contributed by atoms with Crippen LogP contribution < -0.4 is 0 Å². The lowest BCUT2D eigenvalue weighted by Crippen LogP contribution is -2.44. The third kappa shape index (κ3) is 2.66. The zero-order valence-corrected chi connectivity index (χ0v) is 15.8. The maximum absolute atomic E-state index is 12.9. The van der Waals surface area contributed by atoms with Gasteiger partial charge in [-0.1, -0.05) is 41.1 Å². The summed E-state index contributed by atoms with van der Waals surface area (Å²) in [5.41, 5.74) is -0.104.